The molecule has 5 heteroatoms. The fourth-order valence-electron chi connectivity index (χ4n) is 5.20. The number of amides is 1. The second-order valence-electron chi connectivity index (χ2n) is 9.63. The van der Waals surface area contributed by atoms with Crippen molar-refractivity contribution in [3.8, 4) is 11.3 Å². The fourth-order valence-corrected chi connectivity index (χ4v) is 5.20. The standard InChI is InChI=1S/C28H32N2O3/c1-18-26(29-28(31)32-19(2)20-6-4-3-5-7-20)27(33-30-18)25-16-14-24(15-17-25)23-12-10-22(11-13-23)21-8-9-21/h3-7,14-17,19,21-23H,8-13H2,1-2H3,(H,29,31). The zero-order valence-corrected chi connectivity index (χ0v) is 19.4. The van der Waals surface area contributed by atoms with Gasteiger partial charge in [0.15, 0.2) is 5.76 Å². The minimum atomic E-state index is -0.525. The molecule has 0 radical (unpaired) electrons. The van der Waals surface area contributed by atoms with Crippen LogP contribution in [0.3, 0.4) is 0 Å². The van der Waals surface area contributed by atoms with Crippen LogP contribution in [0.1, 0.15) is 74.3 Å². The van der Waals surface area contributed by atoms with Crippen molar-refractivity contribution in [2.45, 2.75) is 64.4 Å². The predicted molar refractivity (Wildman–Crippen MR) is 129 cm³/mol. The molecule has 0 bridgehead atoms. The summed E-state index contributed by atoms with van der Waals surface area (Å²) in [6, 6.07) is 18.2. The van der Waals surface area contributed by atoms with E-state index in [1.165, 1.54) is 44.1 Å². The molecule has 0 saturated heterocycles. The van der Waals surface area contributed by atoms with Gasteiger partial charge in [0.1, 0.15) is 17.5 Å². The molecule has 5 nitrogen and oxygen atoms in total. The Morgan fingerprint density at radius 1 is 0.970 bits per heavy atom. The number of carbonyl (C=O) groups excluding carboxylic acids is 1. The van der Waals surface area contributed by atoms with E-state index in [0.29, 0.717) is 23.1 Å². The minimum absolute atomic E-state index is 0.357. The Morgan fingerprint density at radius 3 is 2.24 bits per heavy atom. The molecule has 2 aromatic carbocycles. The van der Waals surface area contributed by atoms with Gasteiger partial charge in [0.2, 0.25) is 0 Å². The Labute approximate surface area is 195 Å². The summed E-state index contributed by atoms with van der Waals surface area (Å²) in [6.07, 6.45) is 7.35. The SMILES string of the molecule is Cc1noc(-c2ccc(C3CCC(C4CC4)CC3)cc2)c1NC(=O)OC(C)c1ccccc1. The van der Waals surface area contributed by atoms with Gasteiger partial charge in [-0.15, -0.1) is 0 Å². The Kier molecular flexibility index (Phi) is 6.21. The van der Waals surface area contributed by atoms with Gasteiger partial charge in [-0.25, -0.2) is 4.79 Å². The van der Waals surface area contributed by atoms with Crippen LogP contribution in [0.15, 0.2) is 59.1 Å². The molecule has 2 saturated carbocycles. The number of anilines is 1. The van der Waals surface area contributed by atoms with Gasteiger partial charge in [0.05, 0.1) is 0 Å². The first-order valence-electron chi connectivity index (χ1n) is 12.2. The van der Waals surface area contributed by atoms with Crippen LogP contribution >= 0.6 is 0 Å². The summed E-state index contributed by atoms with van der Waals surface area (Å²) in [5, 5.41) is 6.92. The molecule has 0 aliphatic heterocycles. The van der Waals surface area contributed by atoms with Crippen molar-refractivity contribution in [2.24, 2.45) is 11.8 Å². The first-order valence-corrected chi connectivity index (χ1v) is 12.2. The lowest BCUT2D eigenvalue weighted by molar-refractivity contribution is 0.121. The summed E-state index contributed by atoms with van der Waals surface area (Å²) < 4.78 is 11.1. The Bertz CT molecular complexity index is 1080. The molecule has 0 spiro atoms. The fraction of sp³-hybridized carbons (Fsp3) is 0.429. The summed E-state index contributed by atoms with van der Waals surface area (Å²) in [6.45, 7) is 3.67. The topological polar surface area (TPSA) is 64.4 Å². The van der Waals surface area contributed by atoms with Crippen molar-refractivity contribution in [2.75, 3.05) is 5.32 Å². The molecule has 1 N–H and O–H groups in total. The van der Waals surface area contributed by atoms with Crippen LogP contribution in [-0.4, -0.2) is 11.2 Å². The van der Waals surface area contributed by atoms with Crippen LogP contribution in [-0.2, 0) is 4.74 Å². The molecule has 1 unspecified atom stereocenters. The van der Waals surface area contributed by atoms with Crippen LogP contribution in [0.4, 0.5) is 10.5 Å². The minimum Gasteiger partial charge on any atom is -0.441 e. The summed E-state index contributed by atoms with van der Waals surface area (Å²) >= 11 is 0. The number of aryl methyl sites for hydroxylation is 1. The van der Waals surface area contributed by atoms with Crippen LogP contribution in [0.2, 0.25) is 0 Å². The normalized spacial score (nSPS) is 21.4. The van der Waals surface area contributed by atoms with Crippen molar-refractivity contribution in [3.05, 3.63) is 71.4 Å². The second kappa shape index (κ2) is 9.42. The first-order chi connectivity index (χ1) is 16.1. The maximum Gasteiger partial charge on any atom is 0.412 e. The maximum atomic E-state index is 12.6. The number of nitrogens with zero attached hydrogens (tertiary/aromatic N) is 1. The third-order valence-corrected chi connectivity index (χ3v) is 7.35. The molecule has 1 atom stereocenters. The smallest absolute Gasteiger partial charge is 0.412 e. The molecule has 1 aromatic heterocycles. The number of hydrogen-bond donors (Lipinski definition) is 1. The quantitative estimate of drug-likeness (QED) is 0.424. The first kappa shape index (κ1) is 21.7. The molecule has 2 fully saturated rings. The van der Waals surface area contributed by atoms with E-state index >= 15 is 0 Å². The van der Waals surface area contributed by atoms with Crippen molar-refractivity contribution < 1.29 is 14.1 Å². The molecule has 33 heavy (non-hydrogen) atoms. The Hall–Kier alpha value is -3.08. The highest BCUT2D eigenvalue weighted by Crippen LogP contribution is 2.47. The molecule has 2 aliphatic rings. The van der Waals surface area contributed by atoms with E-state index < -0.39 is 6.09 Å². The molecular weight excluding hydrogens is 412 g/mol. The average molecular weight is 445 g/mol. The van der Waals surface area contributed by atoms with Gasteiger partial charge in [-0.3, -0.25) is 5.32 Å². The Morgan fingerprint density at radius 2 is 1.61 bits per heavy atom. The average Bonchev–Trinajstić information content (AvgIpc) is 3.64. The third kappa shape index (κ3) is 4.97. The maximum absolute atomic E-state index is 12.6. The molecule has 3 aromatic rings. The van der Waals surface area contributed by atoms with Crippen molar-refractivity contribution >= 4 is 11.8 Å². The summed E-state index contributed by atoms with van der Waals surface area (Å²) in [5.74, 6) is 3.20. The summed E-state index contributed by atoms with van der Waals surface area (Å²) in [7, 11) is 0. The van der Waals surface area contributed by atoms with Crippen LogP contribution in [0.5, 0.6) is 0 Å². The van der Waals surface area contributed by atoms with Crippen molar-refractivity contribution in [1.29, 1.82) is 0 Å². The van der Waals surface area contributed by atoms with E-state index in [9.17, 15) is 4.79 Å². The molecule has 2 aliphatic carbocycles. The Balaban J connectivity index is 1.24. The summed E-state index contributed by atoms with van der Waals surface area (Å²) in [4.78, 5) is 12.6. The highest BCUT2D eigenvalue weighted by molar-refractivity contribution is 5.90. The largest absolute Gasteiger partial charge is 0.441 e. The van der Waals surface area contributed by atoms with E-state index in [2.05, 4.69) is 34.7 Å². The van der Waals surface area contributed by atoms with Gasteiger partial charge in [-0.1, -0.05) is 59.8 Å². The van der Waals surface area contributed by atoms with Crippen molar-refractivity contribution in [3.63, 3.8) is 0 Å². The zero-order chi connectivity index (χ0) is 22.8. The van der Waals surface area contributed by atoms with Gasteiger partial charge >= 0.3 is 6.09 Å². The molecular formula is C28H32N2O3. The van der Waals surface area contributed by atoms with E-state index in [0.717, 1.165) is 23.0 Å². The van der Waals surface area contributed by atoms with E-state index in [1.54, 1.807) is 0 Å². The lowest BCUT2D eigenvalue weighted by atomic mass is 9.77. The number of carbonyl (C=O) groups is 1. The van der Waals surface area contributed by atoms with E-state index in [4.69, 9.17) is 9.26 Å². The molecule has 1 heterocycles. The third-order valence-electron chi connectivity index (χ3n) is 7.35. The molecule has 172 valence electrons. The number of hydrogen-bond acceptors (Lipinski definition) is 4. The number of aromatic nitrogens is 1. The lowest BCUT2D eigenvalue weighted by Gasteiger charge is -2.28. The second-order valence-corrected chi connectivity index (χ2v) is 9.63. The molecule has 1 amide bonds. The van der Waals surface area contributed by atoms with E-state index in [1.807, 2.05) is 44.2 Å². The highest BCUT2D eigenvalue weighted by Gasteiger charge is 2.34. The summed E-state index contributed by atoms with van der Waals surface area (Å²) in [5.41, 5.74) is 4.42. The zero-order valence-electron chi connectivity index (χ0n) is 19.4. The van der Waals surface area contributed by atoms with Gasteiger partial charge in [-0.05, 0) is 81.3 Å². The van der Waals surface area contributed by atoms with Gasteiger partial charge in [0, 0.05) is 5.56 Å². The van der Waals surface area contributed by atoms with Crippen molar-refractivity contribution in [1.82, 2.24) is 5.16 Å². The molecule has 5 rings (SSSR count). The number of nitrogens with one attached hydrogen (secondary N) is 1. The van der Waals surface area contributed by atoms with Gasteiger partial charge in [0.25, 0.3) is 0 Å². The van der Waals surface area contributed by atoms with Crippen LogP contribution in [0, 0.1) is 18.8 Å². The van der Waals surface area contributed by atoms with Crippen LogP contribution < -0.4 is 5.32 Å². The predicted octanol–water partition coefficient (Wildman–Crippen LogP) is 7.64. The number of benzene rings is 2. The van der Waals surface area contributed by atoms with Gasteiger partial charge < -0.3 is 9.26 Å². The number of ether oxygens (including phenoxy) is 1. The lowest BCUT2D eigenvalue weighted by Crippen LogP contribution is -2.16. The highest BCUT2D eigenvalue weighted by atomic mass is 16.6. The van der Waals surface area contributed by atoms with Gasteiger partial charge in [-0.2, -0.15) is 0 Å². The number of rotatable bonds is 6. The van der Waals surface area contributed by atoms with Crippen LogP contribution in [0.25, 0.3) is 11.3 Å². The monoisotopic (exact) mass is 444 g/mol. The van der Waals surface area contributed by atoms with E-state index in [-0.39, 0.29) is 6.10 Å².